The monoisotopic (exact) mass is 409 g/mol. The molecule has 0 aromatic heterocycles. The fourth-order valence-corrected chi connectivity index (χ4v) is 4.38. The number of benzene rings is 2. The highest BCUT2D eigenvalue weighted by molar-refractivity contribution is 6.01. The summed E-state index contributed by atoms with van der Waals surface area (Å²) in [7, 11) is 0. The Morgan fingerprint density at radius 2 is 1.73 bits per heavy atom. The summed E-state index contributed by atoms with van der Waals surface area (Å²) in [6.45, 7) is 0. The second kappa shape index (κ2) is 8.65. The number of rotatable bonds is 4. The number of carbonyl (C=O) groups is 3. The van der Waals surface area contributed by atoms with Gasteiger partial charge >= 0.3 is 0 Å². The summed E-state index contributed by atoms with van der Waals surface area (Å²) in [6, 6.07) is 13.1. The van der Waals surface area contributed by atoms with Gasteiger partial charge in [-0.05, 0) is 49.2 Å². The first-order valence-electron chi connectivity index (χ1n) is 10.3. The van der Waals surface area contributed by atoms with Gasteiger partial charge in [0.1, 0.15) is 11.9 Å². The molecule has 1 saturated heterocycles. The van der Waals surface area contributed by atoms with Gasteiger partial charge in [0.05, 0.1) is 12.5 Å². The van der Waals surface area contributed by atoms with Gasteiger partial charge in [0, 0.05) is 17.3 Å². The molecule has 3 amide bonds. The number of halogens is 1. The number of amides is 3. The number of hydrogen-bond donors (Lipinski definition) is 2. The van der Waals surface area contributed by atoms with Gasteiger partial charge in [-0.3, -0.25) is 14.4 Å². The maximum atomic E-state index is 13.4. The van der Waals surface area contributed by atoms with Crippen LogP contribution in [-0.4, -0.2) is 40.7 Å². The molecule has 30 heavy (non-hydrogen) atoms. The quantitative estimate of drug-likeness (QED) is 0.815. The molecule has 156 valence electrons. The average molecular weight is 409 g/mol. The summed E-state index contributed by atoms with van der Waals surface area (Å²) in [4.78, 5) is 40.5. The van der Waals surface area contributed by atoms with E-state index in [0.717, 1.165) is 25.7 Å². The van der Waals surface area contributed by atoms with Crippen LogP contribution in [0.2, 0.25) is 0 Å². The summed E-state index contributed by atoms with van der Waals surface area (Å²) in [5.41, 5.74) is 0.939. The molecule has 1 aliphatic carbocycles. The fraction of sp³-hybridized carbons (Fsp3) is 0.348. The minimum atomic E-state index is -0.911. The van der Waals surface area contributed by atoms with Crippen LogP contribution in [0.25, 0.3) is 0 Å². The topological polar surface area (TPSA) is 78.5 Å². The van der Waals surface area contributed by atoms with E-state index < -0.39 is 11.9 Å². The first-order chi connectivity index (χ1) is 14.5. The van der Waals surface area contributed by atoms with Gasteiger partial charge in [0.15, 0.2) is 0 Å². The minimum Gasteiger partial charge on any atom is -0.349 e. The lowest BCUT2D eigenvalue weighted by atomic mass is 9.84. The standard InChI is InChI=1S/C23H24FN3O3/c24-16-12-10-15(11-13-16)23(30)27-19-9-5-4-8-18(19)26-22(29)20(27)14-21(28)25-17-6-2-1-3-7-17/h1-3,6-7,10-13,18-20H,4-5,8-9,14H2,(H,25,28)(H,26,29)/t18-,19-,20+/m0/s1. The Balaban J connectivity index is 1.60. The van der Waals surface area contributed by atoms with Crippen LogP contribution in [0.4, 0.5) is 10.1 Å². The van der Waals surface area contributed by atoms with E-state index in [1.807, 2.05) is 6.07 Å². The van der Waals surface area contributed by atoms with Crippen molar-refractivity contribution in [3.05, 3.63) is 66.0 Å². The van der Waals surface area contributed by atoms with E-state index in [1.165, 1.54) is 24.3 Å². The van der Waals surface area contributed by atoms with E-state index in [4.69, 9.17) is 0 Å². The second-order valence-electron chi connectivity index (χ2n) is 7.82. The Labute approximate surface area is 174 Å². The molecule has 2 aromatic carbocycles. The lowest BCUT2D eigenvalue weighted by Crippen LogP contribution is -2.68. The lowest BCUT2D eigenvalue weighted by Gasteiger charge is -2.48. The molecule has 3 atom stereocenters. The van der Waals surface area contributed by atoms with Gasteiger partial charge in [-0.1, -0.05) is 31.0 Å². The highest BCUT2D eigenvalue weighted by Gasteiger charge is 2.46. The first-order valence-corrected chi connectivity index (χ1v) is 10.3. The van der Waals surface area contributed by atoms with Crippen molar-refractivity contribution in [2.24, 2.45) is 0 Å². The molecule has 1 heterocycles. The van der Waals surface area contributed by atoms with Crippen molar-refractivity contribution >= 4 is 23.4 Å². The average Bonchev–Trinajstić information content (AvgIpc) is 2.75. The van der Waals surface area contributed by atoms with Crippen molar-refractivity contribution in [1.82, 2.24) is 10.2 Å². The van der Waals surface area contributed by atoms with Crippen molar-refractivity contribution in [1.29, 1.82) is 0 Å². The fourth-order valence-electron chi connectivity index (χ4n) is 4.38. The van der Waals surface area contributed by atoms with Crippen molar-refractivity contribution < 1.29 is 18.8 Å². The highest BCUT2D eigenvalue weighted by atomic mass is 19.1. The van der Waals surface area contributed by atoms with Gasteiger partial charge < -0.3 is 15.5 Å². The summed E-state index contributed by atoms with van der Waals surface area (Å²) < 4.78 is 13.3. The third-order valence-corrected chi connectivity index (χ3v) is 5.81. The number of carbonyl (C=O) groups excluding carboxylic acids is 3. The van der Waals surface area contributed by atoms with Crippen LogP contribution in [0, 0.1) is 5.82 Å². The Kier molecular flexibility index (Phi) is 5.79. The molecular formula is C23H24FN3O3. The zero-order valence-electron chi connectivity index (χ0n) is 16.5. The largest absolute Gasteiger partial charge is 0.349 e. The number of fused-ring (bicyclic) bond motifs is 1. The molecule has 2 N–H and O–H groups in total. The van der Waals surface area contributed by atoms with Crippen molar-refractivity contribution in [2.45, 2.75) is 50.2 Å². The van der Waals surface area contributed by atoms with E-state index in [-0.39, 0.29) is 36.2 Å². The molecular weight excluding hydrogens is 385 g/mol. The van der Waals surface area contributed by atoms with Gasteiger partial charge in [0.25, 0.3) is 5.91 Å². The summed E-state index contributed by atoms with van der Waals surface area (Å²) in [5, 5.41) is 5.79. The maximum Gasteiger partial charge on any atom is 0.254 e. The summed E-state index contributed by atoms with van der Waals surface area (Å²) in [6.07, 6.45) is 3.35. The third-order valence-electron chi connectivity index (χ3n) is 5.81. The molecule has 4 rings (SSSR count). The number of piperazine rings is 1. The van der Waals surface area contributed by atoms with Gasteiger partial charge in [-0.25, -0.2) is 4.39 Å². The summed E-state index contributed by atoms with van der Waals surface area (Å²) >= 11 is 0. The normalized spacial score (nSPS) is 23.3. The third kappa shape index (κ3) is 4.20. The second-order valence-corrected chi connectivity index (χ2v) is 7.82. The van der Waals surface area contributed by atoms with Crippen molar-refractivity contribution in [3.8, 4) is 0 Å². The molecule has 1 aliphatic heterocycles. The molecule has 0 bridgehead atoms. The van der Waals surface area contributed by atoms with E-state index in [2.05, 4.69) is 10.6 Å². The Bertz CT molecular complexity index is 932. The zero-order valence-corrected chi connectivity index (χ0v) is 16.5. The molecule has 0 unspecified atom stereocenters. The van der Waals surface area contributed by atoms with Crippen LogP contribution < -0.4 is 10.6 Å². The molecule has 6 nitrogen and oxygen atoms in total. The predicted octanol–water partition coefficient (Wildman–Crippen LogP) is 3.11. The van der Waals surface area contributed by atoms with Crippen molar-refractivity contribution in [2.75, 3.05) is 5.32 Å². The van der Waals surface area contributed by atoms with Crippen LogP contribution in [0.5, 0.6) is 0 Å². The molecule has 2 fully saturated rings. The molecule has 1 saturated carbocycles. The minimum absolute atomic E-state index is 0.121. The number of nitrogens with one attached hydrogen (secondary N) is 2. The van der Waals surface area contributed by atoms with E-state index in [9.17, 15) is 18.8 Å². The molecule has 0 radical (unpaired) electrons. The van der Waals surface area contributed by atoms with Crippen molar-refractivity contribution in [3.63, 3.8) is 0 Å². The van der Waals surface area contributed by atoms with Gasteiger partial charge in [0.2, 0.25) is 11.8 Å². The van der Waals surface area contributed by atoms with Crippen LogP contribution in [0.3, 0.4) is 0 Å². The number of hydrogen-bond acceptors (Lipinski definition) is 3. The highest BCUT2D eigenvalue weighted by Crippen LogP contribution is 2.31. The lowest BCUT2D eigenvalue weighted by molar-refractivity contribution is -0.135. The Morgan fingerprint density at radius 1 is 1.03 bits per heavy atom. The molecule has 2 aromatic rings. The number of para-hydroxylation sites is 1. The Morgan fingerprint density at radius 3 is 2.47 bits per heavy atom. The summed E-state index contributed by atoms with van der Waals surface area (Å²) in [5.74, 6) is -1.44. The van der Waals surface area contributed by atoms with Crippen LogP contribution in [0.15, 0.2) is 54.6 Å². The van der Waals surface area contributed by atoms with Crippen LogP contribution in [-0.2, 0) is 9.59 Å². The molecule has 7 heteroatoms. The number of nitrogens with zero attached hydrogens (tertiary/aromatic N) is 1. The zero-order chi connectivity index (χ0) is 21.1. The van der Waals surface area contributed by atoms with E-state index >= 15 is 0 Å². The van der Waals surface area contributed by atoms with E-state index in [1.54, 1.807) is 29.2 Å². The molecule has 0 spiro atoms. The van der Waals surface area contributed by atoms with Crippen LogP contribution in [0.1, 0.15) is 42.5 Å². The van der Waals surface area contributed by atoms with Gasteiger partial charge in [-0.2, -0.15) is 0 Å². The molecule has 2 aliphatic rings. The van der Waals surface area contributed by atoms with Gasteiger partial charge in [-0.15, -0.1) is 0 Å². The predicted molar refractivity (Wildman–Crippen MR) is 110 cm³/mol. The van der Waals surface area contributed by atoms with E-state index in [0.29, 0.717) is 11.3 Å². The maximum absolute atomic E-state index is 13.4. The smallest absolute Gasteiger partial charge is 0.254 e. The number of anilines is 1. The SMILES string of the molecule is O=C(C[C@@H]1C(=O)N[C@H]2CCCC[C@@H]2N1C(=O)c1ccc(F)cc1)Nc1ccccc1. The Hall–Kier alpha value is -3.22. The van der Waals surface area contributed by atoms with Crippen LogP contribution >= 0.6 is 0 Å². The first kappa shape index (κ1) is 20.1.